The topological polar surface area (TPSA) is 144 Å². The molecule has 4 aromatic rings. The zero-order valence-electron chi connectivity index (χ0n) is 15.9. The summed E-state index contributed by atoms with van der Waals surface area (Å²) in [6.45, 7) is 2.61. The average molecular weight is 408 g/mol. The van der Waals surface area contributed by atoms with Gasteiger partial charge in [-0.25, -0.2) is 15.0 Å². The summed E-state index contributed by atoms with van der Waals surface area (Å²) in [5.41, 5.74) is 0.832. The van der Waals surface area contributed by atoms with Crippen LogP contribution in [0.1, 0.15) is 13.8 Å². The number of nitrogens with one attached hydrogen (secondary N) is 1. The van der Waals surface area contributed by atoms with Crippen LogP contribution in [0.4, 0.5) is 0 Å². The number of rotatable bonds is 2. The molecule has 0 saturated heterocycles. The number of aromatic hydroxyl groups is 1. The maximum absolute atomic E-state index is 11.1. The second kappa shape index (κ2) is 8.78. The van der Waals surface area contributed by atoms with Gasteiger partial charge in [0, 0.05) is 26.0 Å². The highest BCUT2D eigenvalue weighted by atomic mass is 16.5. The number of hydrogen-bond acceptors (Lipinski definition) is 9. The molecule has 0 unspecified atom stereocenters. The highest BCUT2D eigenvalue weighted by Gasteiger charge is 2.09. The van der Waals surface area contributed by atoms with Crippen molar-refractivity contribution in [2.45, 2.75) is 13.8 Å². The van der Waals surface area contributed by atoms with Crippen LogP contribution in [0.15, 0.2) is 53.8 Å². The Morgan fingerprint density at radius 1 is 0.900 bits per heavy atom. The summed E-state index contributed by atoms with van der Waals surface area (Å²) in [4.78, 5) is 47.1. The third-order valence-corrected chi connectivity index (χ3v) is 3.70. The SMILES string of the molecule is CC(=O)Oc1ccc2c(OC(C)=O)ncnc2c1.O=c1[nH]cnc2cc(O)ccc12. The van der Waals surface area contributed by atoms with Crippen molar-refractivity contribution in [2.24, 2.45) is 0 Å². The van der Waals surface area contributed by atoms with Gasteiger partial charge in [0.25, 0.3) is 5.56 Å². The van der Waals surface area contributed by atoms with Crippen LogP contribution in [0, 0.1) is 0 Å². The third kappa shape index (κ3) is 4.93. The number of fused-ring (bicyclic) bond motifs is 2. The van der Waals surface area contributed by atoms with E-state index in [0.29, 0.717) is 27.6 Å². The number of hydrogen-bond donors (Lipinski definition) is 2. The van der Waals surface area contributed by atoms with Gasteiger partial charge in [0.05, 0.1) is 28.1 Å². The maximum atomic E-state index is 11.1. The summed E-state index contributed by atoms with van der Waals surface area (Å²) < 4.78 is 9.89. The number of esters is 2. The van der Waals surface area contributed by atoms with Gasteiger partial charge >= 0.3 is 11.9 Å². The predicted octanol–water partition coefficient (Wildman–Crippen LogP) is 2.11. The second-order valence-corrected chi connectivity index (χ2v) is 5.98. The van der Waals surface area contributed by atoms with Gasteiger partial charge < -0.3 is 19.6 Å². The summed E-state index contributed by atoms with van der Waals surface area (Å²) in [7, 11) is 0. The zero-order chi connectivity index (χ0) is 21.7. The molecule has 2 N–H and O–H groups in total. The lowest BCUT2D eigenvalue weighted by molar-refractivity contribution is -0.132. The molecule has 2 aromatic heterocycles. The Morgan fingerprint density at radius 3 is 2.33 bits per heavy atom. The molecule has 0 aliphatic rings. The first-order valence-electron chi connectivity index (χ1n) is 8.61. The first-order chi connectivity index (χ1) is 14.3. The van der Waals surface area contributed by atoms with E-state index in [2.05, 4.69) is 19.9 Å². The van der Waals surface area contributed by atoms with Crippen LogP contribution < -0.4 is 15.0 Å². The Balaban J connectivity index is 0.000000184. The number of carbonyl (C=O) groups is 2. The second-order valence-electron chi connectivity index (χ2n) is 5.98. The van der Waals surface area contributed by atoms with Gasteiger partial charge in [-0.2, -0.15) is 0 Å². The van der Waals surface area contributed by atoms with Gasteiger partial charge in [-0.3, -0.25) is 14.4 Å². The fourth-order valence-electron chi connectivity index (χ4n) is 2.52. The van der Waals surface area contributed by atoms with Crippen molar-refractivity contribution < 1.29 is 24.2 Å². The van der Waals surface area contributed by atoms with E-state index in [-0.39, 0.29) is 17.2 Å². The summed E-state index contributed by atoms with van der Waals surface area (Å²) in [5, 5.41) is 10.1. The Bertz CT molecular complexity index is 1300. The van der Waals surface area contributed by atoms with Gasteiger partial charge in [0.1, 0.15) is 17.8 Å². The molecule has 0 radical (unpaired) electrons. The first-order valence-corrected chi connectivity index (χ1v) is 8.61. The van der Waals surface area contributed by atoms with Crippen molar-refractivity contribution in [1.82, 2.24) is 19.9 Å². The van der Waals surface area contributed by atoms with Gasteiger partial charge in [-0.05, 0) is 24.3 Å². The number of H-pyrrole nitrogens is 1. The number of phenols is 1. The Morgan fingerprint density at radius 2 is 1.60 bits per heavy atom. The van der Waals surface area contributed by atoms with Crippen molar-refractivity contribution in [1.29, 1.82) is 0 Å². The van der Waals surface area contributed by atoms with Crippen molar-refractivity contribution in [3.63, 3.8) is 0 Å². The molecule has 2 heterocycles. The van der Waals surface area contributed by atoms with Gasteiger partial charge in [0.2, 0.25) is 5.88 Å². The van der Waals surface area contributed by atoms with E-state index in [9.17, 15) is 14.4 Å². The molecule has 0 saturated carbocycles. The van der Waals surface area contributed by atoms with Gasteiger partial charge in [-0.1, -0.05) is 0 Å². The van der Waals surface area contributed by atoms with Crippen LogP contribution in [0.2, 0.25) is 0 Å². The molecule has 2 aromatic carbocycles. The molecule has 10 nitrogen and oxygen atoms in total. The lowest BCUT2D eigenvalue weighted by atomic mass is 10.2. The highest BCUT2D eigenvalue weighted by Crippen LogP contribution is 2.25. The van der Waals surface area contributed by atoms with E-state index in [1.54, 1.807) is 18.2 Å². The fraction of sp³-hybridized carbons (Fsp3) is 0.100. The molecule has 0 aliphatic heterocycles. The quantitative estimate of drug-likeness (QED) is 0.376. The molecule has 0 aliphatic carbocycles. The highest BCUT2D eigenvalue weighted by molar-refractivity contribution is 5.87. The standard InChI is InChI=1S/C12H10N2O4.C8H6N2O2/c1-7(15)17-9-3-4-10-11(5-9)13-6-14-12(10)18-8(2)16;11-5-1-2-6-7(3-5)9-4-10-8(6)12/h3-6H,1-2H3;1-4,11H,(H,9,10,12). The third-order valence-electron chi connectivity index (χ3n) is 3.70. The van der Waals surface area contributed by atoms with Crippen LogP contribution in [-0.2, 0) is 9.59 Å². The van der Waals surface area contributed by atoms with E-state index >= 15 is 0 Å². The maximum Gasteiger partial charge on any atom is 0.309 e. The number of phenolic OH excluding ortho intramolecular Hbond substituents is 1. The molecule has 0 bridgehead atoms. The molecule has 10 heteroatoms. The summed E-state index contributed by atoms with van der Waals surface area (Å²) in [5.74, 6) is -0.201. The van der Waals surface area contributed by atoms with Crippen molar-refractivity contribution in [2.75, 3.05) is 0 Å². The smallest absolute Gasteiger partial charge is 0.309 e. The van der Waals surface area contributed by atoms with Crippen LogP contribution >= 0.6 is 0 Å². The number of aromatic amines is 1. The van der Waals surface area contributed by atoms with E-state index in [4.69, 9.17) is 14.6 Å². The van der Waals surface area contributed by atoms with Crippen LogP contribution in [0.25, 0.3) is 21.8 Å². The number of benzene rings is 2. The number of aromatic nitrogens is 4. The molecule has 0 spiro atoms. The van der Waals surface area contributed by atoms with Gasteiger partial charge in [-0.15, -0.1) is 0 Å². The summed E-state index contributed by atoms with van der Waals surface area (Å²) in [6, 6.07) is 9.23. The average Bonchev–Trinajstić information content (AvgIpc) is 2.67. The lowest BCUT2D eigenvalue weighted by Gasteiger charge is -2.05. The predicted molar refractivity (Wildman–Crippen MR) is 106 cm³/mol. The molecule has 152 valence electrons. The Hall–Kier alpha value is -4.34. The largest absolute Gasteiger partial charge is 0.508 e. The minimum atomic E-state index is -0.459. The minimum absolute atomic E-state index is 0.112. The van der Waals surface area contributed by atoms with Crippen LogP contribution in [-0.4, -0.2) is 37.0 Å². The normalized spacial score (nSPS) is 10.2. The molecule has 0 atom stereocenters. The minimum Gasteiger partial charge on any atom is -0.508 e. The van der Waals surface area contributed by atoms with E-state index in [1.165, 1.54) is 44.7 Å². The molecule has 0 fully saturated rings. The Kier molecular flexibility index (Phi) is 5.97. The number of ether oxygens (including phenoxy) is 2. The van der Waals surface area contributed by atoms with Gasteiger partial charge in [0.15, 0.2) is 0 Å². The van der Waals surface area contributed by atoms with Crippen molar-refractivity contribution in [3.8, 4) is 17.4 Å². The van der Waals surface area contributed by atoms with Crippen molar-refractivity contribution >= 4 is 33.7 Å². The molecule has 30 heavy (non-hydrogen) atoms. The van der Waals surface area contributed by atoms with E-state index in [0.717, 1.165) is 0 Å². The van der Waals surface area contributed by atoms with Crippen LogP contribution in [0.3, 0.4) is 0 Å². The number of carbonyl (C=O) groups excluding carboxylic acids is 2. The van der Waals surface area contributed by atoms with E-state index < -0.39 is 11.9 Å². The van der Waals surface area contributed by atoms with E-state index in [1.807, 2.05) is 0 Å². The fourth-order valence-corrected chi connectivity index (χ4v) is 2.52. The molecular weight excluding hydrogens is 392 g/mol. The first kappa shape index (κ1) is 20.4. The number of nitrogens with zero attached hydrogens (tertiary/aromatic N) is 3. The summed E-state index contributed by atoms with van der Waals surface area (Å²) >= 11 is 0. The molecular formula is C20H16N4O6. The zero-order valence-corrected chi connectivity index (χ0v) is 15.9. The van der Waals surface area contributed by atoms with Crippen molar-refractivity contribution in [3.05, 3.63) is 59.4 Å². The lowest BCUT2D eigenvalue weighted by Crippen LogP contribution is -2.05. The summed E-state index contributed by atoms with van der Waals surface area (Å²) in [6.07, 6.45) is 2.59. The molecule has 4 rings (SSSR count). The monoisotopic (exact) mass is 408 g/mol. The van der Waals surface area contributed by atoms with Crippen LogP contribution in [0.5, 0.6) is 17.4 Å². The molecule has 0 amide bonds. The Labute approximate surface area is 169 Å².